The maximum atomic E-state index is 13.3. The highest BCUT2D eigenvalue weighted by Crippen LogP contribution is 2.38. The molecule has 1 aromatic carbocycles. The van der Waals surface area contributed by atoms with E-state index in [2.05, 4.69) is 15.5 Å². The average molecular weight is 553 g/mol. The molecule has 12 heteroatoms. The Morgan fingerprint density at radius 2 is 2.06 bits per heavy atom. The number of rotatable bonds is 8. The van der Waals surface area contributed by atoms with E-state index in [0.717, 1.165) is 42.5 Å². The van der Waals surface area contributed by atoms with E-state index in [9.17, 15) is 14.0 Å². The van der Waals surface area contributed by atoms with Crippen molar-refractivity contribution < 1.29 is 23.5 Å². The van der Waals surface area contributed by atoms with Crippen molar-refractivity contribution in [3.05, 3.63) is 50.9 Å². The molecule has 0 saturated heterocycles. The summed E-state index contributed by atoms with van der Waals surface area (Å²) in [5.41, 5.74) is 1.48. The second kappa shape index (κ2) is 11.6. The zero-order valence-electron chi connectivity index (χ0n) is 20.1. The van der Waals surface area contributed by atoms with Gasteiger partial charge in [-0.2, -0.15) is 0 Å². The van der Waals surface area contributed by atoms with Gasteiger partial charge in [-0.25, -0.2) is 9.18 Å². The second-order valence-corrected chi connectivity index (χ2v) is 10.8. The molecule has 1 amide bonds. The fourth-order valence-electron chi connectivity index (χ4n) is 4.06. The number of benzene rings is 1. The third-order valence-corrected chi connectivity index (χ3v) is 8.35. The average Bonchev–Trinajstić information content (AvgIpc) is 3.29. The number of hydrogen-bond acceptors (Lipinski definition) is 8. The summed E-state index contributed by atoms with van der Waals surface area (Å²) >= 11 is 8.73. The number of methoxy groups -OCH3 is 1. The fraction of sp³-hybridized carbons (Fsp3) is 0.417. The first-order valence-corrected chi connectivity index (χ1v) is 13.6. The minimum Gasteiger partial charge on any atom is -0.481 e. The lowest BCUT2D eigenvalue weighted by molar-refractivity contribution is -0.113. The fourth-order valence-corrected chi connectivity index (χ4v) is 6.28. The van der Waals surface area contributed by atoms with Crippen LogP contribution in [0.15, 0.2) is 23.4 Å². The van der Waals surface area contributed by atoms with E-state index < -0.39 is 17.9 Å². The number of ether oxygens (including phenoxy) is 2. The van der Waals surface area contributed by atoms with E-state index >= 15 is 0 Å². The molecule has 3 aromatic rings. The summed E-state index contributed by atoms with van der Waals surface area (Å²) in [6.07, 6.45) is 4.41. The lowest BCUT2D eigenvalue weighted by atomic mass is 10.1. The van der Waals surface area contributed by atoms with Crippen molar-refractivity contribution in [1.29, 1.82) is 0 Å². The molecule has 1 atom stereocenters. The number of carbonyl (C=O) groups excluding carboxylic acids is 2. The van der Waals surface area contributed by atoms with Crippen LogP contribution in [-0.2, 0) is 29.4 Å². The van der Waals surface area contributed by atoms with Gasteiger partial charge in [-0.15, -0.1) is 21.5 Å². The molecule has 2 aromatic heterocycles. The molecule has 0 radical (unpaired) electrons. The number of anilines is 1. The molecule has 1 aliphatic rings. The second-order valence-electron chi connectivity index (χ2n) is 8.33. The lowest BCUT2D eigenvalue weighted by Crippen LogP contribution is -2.17. The summed E-state index contributed by atoms with van der Waals surface area (Å²) in [4.78, 5) is 26.4. The first-order valence-electron chi connectivity index (χ1n) is 11.4. The van der Waals surface area contributed by atoms with Gasteiger partial charge in [-0.3, -0.25) is 4.79 Å². The monoisotopic (exact) mass is 552 g/mol. The van der Waals surface area contributed by atoms with Crippen LogP contribution in [0.1, 0.15) is 58.9 Å². The van der Waals surface area contributed by atoms with Crippen molar-refractivity contribution in [2.75, 3.05) is 18.2 Å². The maximum absolute atomic E-state index is 13.3. The zero-order chi connectivity index (χ0) is 25.8. The Bertz CT molecular complexity index is 1280. The van der Waals surface area contributed by atoms with Crippen molar-refractivity contribution >= 4 is 51.6 Å². The number of esters is 1. The number of halogens is 2. The van der Waals surface area contributed by atoms with Gasteiger partial charge in [0.05, 0.1) is 23.4 Å². The maximum Gasteiger partial charge on any atom is 0.341 e. The number of aromatic nitrogens is 3. The number of aryl methyl sites for hydroxylation is 1. The molecule has 0 spiro atoms. The molecule has 1 N–H and O–H groups in total. The summed E-state index contributed by atoms with van der Waals surface area (Å²) in [7, 11) is 3.12. The van der Waals surface area contributed by atoms with E-state index in [0.29, 0.717) is 27.3 Å². The number of thiophene rings is 1. The Labute approximate surface area is 221 Å². The topological polar surface area (TPSA) is 95.3 Å². The van der Waals surface area contributed by atoms with Crippen LogP contribution >= 0.6 is 34.7 Å². The van der Waals surface area contributed by atoms with E-state index in [-0.39, 0.29) is 16.7 Å². The Hall–Kier alpha value is -2.63. The van der Waals surface area contributed by atoms with E-state index in [4.69, 9.17) is 21.1 Å². The van der Waals surface area contributed by atoms with Gasteiger partial charge in [0.15, 0.2) is 17.1 Å². The van der Waals surface area contributed by atoms with Crippen LogP contribution in [0.3, 0.4) is 0 Å². The number of fused-ring (bicyclic) bond motifs is 1. The van der Waals surface area contributed by atoms with Crippen LogP contribution in [-0.4, -0.2) is 39.5 Å². The zero-order valence-corrected chi connectivity index (χ0v) is 22.5. The van der Waals surface area contributed by atoms with Gasteiger partial charge in [0.1, 0.15) is 16.6 Å². The van der Waals surface area contributed by atoms with Gasteiger partial charge in [0.2, 0.25) is 5.91 Å². The predicted octanol–water partition coefficient (Wildman–Crippen LogP) is 5.60. The standard InChI is InChI=1S/C24H26ClFN4O4S2/c1-13(34-17-10-9-14(26)11-16(17)25)21-28-29-24(30(21)2)35-12-19(31)27-22-20(23(32)33-3)15-7-5-4-6-8-18(15)36-22/h9-11,13H,4-8,12H2,1-3H3,(H,27,31). The molecule has 8 nitrogen and oxygen atoms in total. The van der Waals surface area contributed by atoms with Crippen LogP contribution in [0.4, 0.5) is 9.39 Å². The molecule has 2 heterocycles. The molecule has 4 rings (SSSR count). The highest BCUT2D eigenvalue weighted by Gasteiger charge is 2.26. The SMILES string of the molecule is COC(=O)c1c(NC(=O)CSc2nnc(C(C)Oc3ccc(F)cc3Cl)n2C)sc2c1CCCCC2. The van der Waals surface area contributed by atoms with Crippen LogP contribution in [0.2, 0.25) is 5.02 Å². The van der Waals surface area contributed by atoms with Gasteiger partial charge in [-0.05, 0) is 56.4 Å². The Kier molecular flexibility index (Phi) is 8.53. The first kappa shape index (κ1) is 26.4. The first-order chi connectivity index (χ1) is 17.3. The normalized spacial score (nSPS) is 14.0. The molecule has 0 fully saturated rings. The number of thioether (sulfide) groups is 1. The number of carbonyl (C=O) groups is 2. The Balaban J connectivity index is 1.41. The largest absolute Gasteiger partial charge is 0.481 e. The molecular weight excluding hydrogens is 527 g/mol. The third-order valence-electron chi connectivity index (χ3n) is 5.83. The van der Waals surface area contributed by atoms with E-state index in [1.165, 1.54) is 48.4 Å². The van der Waals surface area contributed by atoms with E-state index in [1.54, 1.807) is 18.5 Å². The third kappa shape index (κ3) is 5.84. The van der Waals surface area contributed by atoms with Gasteiger partial charge < -0.3 is 19.4 Å². The number of amides is 1. The van der Waals surface area contributed by atoms with Crippen molar-refractivity contribution in [3.63, 3.8) is 0 Å². The molecule has 0 aliphatic heterocycles. The molecule has 0 saturated carbocycles. The molecular formula is C24H26ClFN4O4S2. The summed E-state index contributed by atoms with van der Waals surface area (Å²) in [6.45, 7) is 1.78. The summed E-state index contributed by atoms with van der Waals surface area (Å²) in [5, 5.41) is 12.5. The number of hydrogen-bond donors (Lipinski definition) is 1. The lowest BCUT2D eigenvalue weighted by Gasteiger charge is -2.15. The van der Waals surface area contributed by atoms with E-state index in [1.807, 2.05) is 0 Å². The highest BCUT2D eigenvalue weighted by molar-refractivity contribution is 7.99. The predicted molar refractivity (Wildman–Crippen MR) is 138 cm³/mol. The summed E-state index contributed by atoms with van der Waals surface area (Å²) in [5.74, 6) is -0.202. The molecule has 1 unspecified atom stereocenters. The summed E-state index contributed by atoms with van der Waals surface area (Å²) in [6, 6.07) is 3.90. The molecule has 36 heavy (non-hydrogen) atoms. The van der Waals surface area contributed by atoms with Crippen LogP contribution in [0.5, 0.6) is 5.75 Å². The van der Waals surface area contributed by atoms with Gasteiger partial charge in [0, 0.05) is 11.9 Å². The van der Waals surface area contributed by atoms with Gasteiger partial charge in [0.25, 0.3) is 0 Å². The van der Waals surface area contributed by atoms with Crippen molar-refractivity contribution in [1.82, 2.24) is 14.8 Å². The van der Waals surface area contributed by atoms with Crippen LogP contribution < -0.4 is 10.1 Å². The van der Waals surface area contributed by atoms with Gasteiger partial charge >= 0.3 is 5.97 Å². The number of nitrogens with zero attached hydrogens (tertiary/aromatic N) is 3. The number of nitrogens with one attached hydrogen (secondary N) is 1. The quantitative estimate of drug-likeness (QED) is 0.221. The van der Waals surface area contributed by atoms with Crippen LogP contribution in [0.25, 0.3) is 0 Å². The van der Waals surface area contributed by atoms with Crippen LogP contribution in [0, 0.1) is 5.82 Å². The molecule has 1 aliphatic carbocycles. The Morgan fingerprint density at radius 1 is 1.28 bits per heavy atom. The van der Waals surface area contributed by atoms with Crippen molar-refractivity contribution in [2.45, 2.75) is 50.3 Å². The minimum absolute atomic E-state index is 0.0776. The molecule has 192 valence electrons. The minimum atomic E-state index is -0.516. The smallest absolute Gasteiger partial charge is 0.341 e. The van der Waals surface area contributed by atoms with Crippen molar-refractivity contribution in [3.8, 4) is 5.75 Å². The van der Waals surface area contributed by atoms with Crippen molar-refractivity contribution in [2.24, 2.45) is 7.05 Å². The summed E-state index contributed by atoms with van der Waals surface area (Å²) < 4.78 is 25.9. The highest BCUT2D eigenvalue weighted by atomic mass is 35.5. The van der Waals surface area contributed by atoms with Gasteiger partial charge in [-0.1, -0.05) is 29.8 Å². The molecule has 0 bridgehead atoms. The Morgan fingerprint density at radius 3 is 2.81 bits per heavy atom.